The van der Waals surface area contributed by atoms with Crippen molar-refractivity contribution in [1.82, 2.24) is 9.97 Å². The van der Waals surface area contributed by atoms with Gasteiger partial charge in [0.15, 0.2) is 0 Å². The van der Waals surface area contributed by atoms with Crippen LogP contribution in [-0.4, -0.2) is 30.1 Å². The lowest BCUT2D eigenvalue weighted by Gasteiger charge is -2.32. The molecule has 0 aliphatic carbocycles. The van der Waals surface area contributed by atoms with Crippen LogP contribution < -0.4 is 10.2 Å². The molecule has 4 heteroatoms. The predicted molar refractivity (Wildman–Crippen MR) is 71.4 cm³/mol. The van der Waals surface area contributed by atoms with Gasteiger partial charge >= 0.3 is 0 Å². The molecule has 1 aromatic rings. The number of anilines is 2. The minimum absolute atomic E-state index is 0.846. The first-order valence-corrected chi connectivity index (χ1v) is 6.58. The summed E-state index contributed by atoms with van der Waals surface area (Å²) in [5.74, 6) is 2.77. The quantitative estimate of drug-likeness (QED) is 0.869. The summed E-state index contributed by atoms with van der Waals surface area (Å²) in [5.41, 5.74) is 0. The molecule has 4 nitrogen and oxygen atoms in total. The molecule has 0 bridgehead atoms. The van der Waals surface area contributed by atoms with Gasteiger partial charge < -0.3 is 10.2 Å². The molecule has 0 amide bonds. The minimum atomic E-state index is 0.846. The fourth-order valence-electron chi connectivity index (χ4n) is 2.49. The molecule has 94 valence electrons. The van der Waals surface area contributed by atoms with Crippen molar-refractivity contribution in [2.24, 2.45) is 5.92 Å². The summed E-state index contributed by atoms with van der Waals surface area (Å²) < 4.78 is 0. The van der Waals surface area contributed by atoms with Crippen LogP contribution in [0.25, 0.3) is 0 Å². The lowest BCUT2D eigenvalue weighted by Crippen LogP contribution is -2.34. The maximum Gasteiger partial charge on any atom is 0.149 e. The smallest absolute Gasteiger partial charge is 0.149 e. The zero-order valence-electron chi connectivity index (χ0n) is 10.8. The Balaban J connectivity index is 1.95. The summed E-state index contributed by atoms with van der Waals surface area (Å²) in [5, 5.41) is 3.04. The Kier molecular flexibility index (Phi) is 4.18. The van der Waals surface area contributed by atoms with Crippen LogP contribution in [0.2, 0.25) is 0 Å². The SMILES string of the molecule is CCCC1CCN(c2cncc(NC)n2)CC1. The molecule has 17 heavy (non-hydrogen) atoms. The van der Waals surface area contributed by atoms with E-state index < -0.39 is 0 Å². The van der Waals surface area contributed by atoms with Gasteiger partial charge in [-0.05, 0) is 18.8 Å². The van der Waals surface area contributed by atoms with Gasteiger partial charge in [0.1, 0.15) is 11.6 Å². The first kappa shape index (κ1) is 12.1. The monoisotopic (exact) mass is 234 g/mol. The number of hydrogen-bond donors (Lipinski definition) is 1. The van der Waals surface area contributed by atoms with E-state index in [1.165, 1.54) is 25.7 Å². The van der Waals surface area contributed by atoms with E-state index in [-0.39, 0.29) is 0 Å². The first-order valence-electron chi connectivity index (χ1n) is 6.58. The van der Waals surface area contributed by atoms with Crippen molar-refractivity contribution in [3.63, 3.8) is 0 Å². The number of hydrogen-bond acceptors (Lipinski definition) is 4. The molecular weight excluding hydrogens is 212 g/mol. The average Bonchev–Trinajstić information content (AvgIpc) is 2.40. The molecule has 0 radical (unpaired) electrons. The van der Waals surface area contributed by atoms with Crippen LogP contribution >= 0.6 is 0 Å². The van der Waals surface area contributed by atoms with Gasteiger partial charge in [-0.2, -0.15) is 0 Å². The molecule has 1 fully saturated rings. The fraction of sp³-hybridized carbons (Fsp3) is 0.692. The van der Waals surface area contributed by atoms with E-state index in [1.54, 1.807) is 6.20 Å². The van der Waals surface area contributed by atoms with Crippen molar-refractivity contribution in [2.45, 2.75) is 32.6 Å². The predicted octanol–water partition coefficient (Wildman–Crippen LogP) is 2.53. The standard InChI is InChI=1S/C13H22N4/c1-3-4-11-5-7-17(8-6-11)13-10-15-9-12(14-2)16-13/h9-11H,3-8H2,1-2H3,(H,14,16). The van der Waals surface area contributed by atoms with E-state index in [4.69, 9.17) is 0 Å². The van der Waals surface area contributed by atoms with Crippen LogP contribution in [0, 0.1) is 5.92 Å². The molecule has 2 rings (SSSR count). The van der Waals surface area contributed by atoms with Gasteiger partial charge in [-0.3, -0.25) is 4.98 Å². The van der Waals surface area contributed by atoms with Gasteiger partial charge in [-0.1, -0.05) is 19.8 Å². The second kappa shape index (κ2) is 5.84. The number of aromatic nitrogens is 2. The van der Waals surface area contributed by atoms with Crippen LogP contribution in [0.3, 0.4) is 0 Å². The fourth-order valence-corrected chi connectivity index (χ4v) is 2.49. The van der Waals surface area contributed by atoms with Crippen molar-refractivity contribution in [3.05, 3.63) is 12.4 Å². The molecule has 0 spiro atoms. The maximum absolute atomic E-state index is 4.54. The largest absolute Gasteiger partial charge is 0.372 e. The van der Waals surface area contributed by atoms with Gasteiger partial charge in [0, 0.05) is 20.1 Å². The van der Waals surface area contributed by atoms with E-state index >= 15 is 0 Å². The molecule has 2 heterocycles. The van der Waals surface area contributed by atoms with E-state index in [1.807, 2.05) is 13.2 Å². The van der Waals surface area contributed by atoms with Crippen LogP contribution in [0.4, 0.5) is 11.6 Å². The summed E-state index contributed by atoms with van der Waals surface area (Å²) in [6.07, 6.45) is 8.88. The number of rotatable bonds is 4. The minimum Gasteiger partial charge on any atom is -0.372 e. The highest BCUT2D eigenvalue weighted by molar-refractivity contribution is 5.43. The Morgan fingerprint density at radius 3 is 2.76 bits per heavy atom. The highest BCUT2D eigenvalue weighted by atomic mass is 15.2. The van der Waals surface area contributed by atoms with Crippen molar-refractivity contribution >= 4 is 11.6 Å². The normalized spacial score (nSPS) is 17.2. The topological polar surface area (TPSA) is 41.1 Å². The summed E-state index contributed by atoms with van der Waals surface area (Å²) >= 11 is 0. The Morgan fingerprint density at radius 1 is 1.35 bits per heavy atom. The Labute approximate surface area is 103 Å². The number of nitrogens with one attached hydrogen (secondary N) is 1. The third-order valence-corrected chi connectivity index (χ3v) is 3.51. The average molecular weight is 234 g/mol. The highest BCUT2D eigenvalue weighted by Gasteiger charge is 2.19. The molecule has 0 unspecified atom stereocenters. The first-order chi connectivity index (χ1) is 8.33. The summed E-state index contributed by atoms with van der Waals surface area (Å²) in [7, 11) is 1.88. The Morgan fingerprint density at radius 2 is 2.12 bits per heavy atom. The maximum atomic E-state index is 4.54. The van der Waals surface area contributed by atoms with E-state index in [9.17, 15) is 0 Å². The van der Waals surface area contributed by atoms with Crippen molar-refractivity contribution in [2.75, 3.05) is 30.4 Å². The van der Waals surface area contributed by atoms with Crippen molar-refractivity contribution in [3.8, 4) is 0 Å². The second-order valence-corrected chi connectivity index (χ2v) is 4.73. The van der Waals surface area contributed by atoms with Crippen molar-refractivity contribution < 1.29 is 0 Å². The van der Waals surface area contributed by atoms with E-state index in [0.29, 0.717) is 0 Å². The molecule has 0 aromatic carbocycles. The van der Waals surface area contributed by atoms with Gasteiger partial charge in [0.05, 0.1) is 12.4 Å². The van der Waals surface area contributed by atoms with E-state index in [0.717, 1.165) is 30.6 Å². The molecule has 1 saturated heterocycles. The molecule has 1 aromatic heterocycles. The lowest BCUT2D eigenvalue weighted by atomic mass is 9.92. The van der Waals surface area contributed by atoms with Gasteiger partial charge in [-0.15, -0.1) is 0 Å². The lowest BCUT2D eigenvalue weighted by molar-refractivity contribution is 0.377. The van der Waals surface area contributed by atoms with Gasteiger partial charge in [-0.25, -0.2) is 4.98 Å². The second-order valence-electron chi connectivity index (χ2n) is 4.73. The molecule has 1 N–H and O–H groups in total. The molecular formula is C13H22N4. The summed E-state index contributed by atoms with van der Waals surface area (Å²) in [6.45, 7) is 4.51. The van der Waals surface area contributed by atoms with E-state index in [2.05, 4.69) is 27.1 Å². The summed E-state index contributed by atoms with van der Waals surface area (Å²) in [4.78, 5) is 11.1. The Hall–Kier alpha value is -1.32. The van der Waals surface area contributed by atoms with Crippen LogP contribution in [0.1, 0.15) is 32.6 Å². The van der Waals surface area contributed by atoms with Crippen LogP contribution in [0.15, 0.2) is 12.4 Å². The van der Waals surface area contributed by atoms with Crippen molar-refractivity contribution in [1.29, 1.82) is 0 Å². The summed E-state index contributed by atoms with van der Waals surface area (Å²) in [6, 6.07) is 0. The van der Waals surface area contributed by atoms with Gasteiger partial charge in [0.25, 0.3) is 0 Å². The number of nitrogens with zero attached hydrogens (tertiary/aromatic N) is 3. The zero-order chi connectivity index (χ0) is 12.1. The highest BCUT2D eigenvalue weighted by Crippen LogP contribution is 2.24. The third-order valence-electron chi connectivity index (χ3n) is 3.51. The Bertz CT molecular complexity index is 345. The molecule has 1 aliphatic rings. The van der Waals surface area contributed by atoms with Crippen LogP contribution in [-0.2, 0) is 0 Å². The zero-order valence-corrected chi connectivity index (χ0v) is 10.8. The molecule has 1 aliphatic heterocycles. The van der Waals surface area contributed by atoms with Gasteiger partial charge in [0.2, 0.25) is 0 Å². The molecule has 0 atom stereocenters. The third kappa shape index (κ3) is 3.08. The van der Waals surface area contributed by atoms with Crippen LogP contribution in [0.5, 0.6) is 0 Å². The molecule has 0 saturated carbocycles. The number of piperidine rings is 1.